The maximum Gasteiger partial charge on any atom is 0.339 e. The molecule has 2 aromatic heterocycles. The monoisotopic (exact) mass is 474 g/mol. The highest BCUT2D eigenvalue weighted by atomic mass is 16.5. The number of hydrogen-bond donors (Lipinski definition) is 2. The SMILES string of the molecule is COc1ccc2[nH]c3c(c2c1)CCCC3NC(=O)CCc1c(C)c2ccc(OC)c(C)c2oc1=O. The predicted octanol–water partition coefficient (Wildman–Crippen LogP) is 5.03. The Morgan fingerprint density at radius 1 is 1.11 bits per heavy atom. The number of aromatic nitrogens is 1. The van der Waals surface area contributed by atoms with Crippen molar-refractivity contribution in [2.45, 2.75) is 52.0 Å². The summed E-state index contributed by atoms with van der Waals surface area (Å²) < 4.78 is 16.4. The maximum absolute atomic E-state index is 12.9. The molecule has 2 aromatic carbocycles. The highest BCUT2D eigenvalue weighted by molar-refractivity contribution is 5.87. The molecule has 0 bridgehead atoms. The van der Waals surface area contributed by atoms with Gasteiger partial charge in [-0.05, 0) is 81.0 Å². The van der Waals surface area contributed by atoms with E-state index in [1.165, 1.54) is 5.56 Å². The van der Waals surface area contributed by atoms with Gasteiger partial charge in [0.25, 0.3) is 0 Å². The zero-order valence-electron chi connectivity index (χ0n) is 20.5. The fourth-order valence-corrected chi connectivity index (χ4v) is 5.30. The number of fused-ring (bicyclic) bond motifs is 4. The summed E-state index contributed by atoms with van der Waals surface area (Å²) >= 11 is 0. The maximum atomic E-state index is 12.9. The molecule has 0 fully saturated rings. The van der Waals surface area contributed by atoms with Gasteiger partial charge in [0.2, 0.25) is 5.91 Å². The molecule has 1 atom stereocenters. The molecule has 0 radical (unpaired) electrons. The summed E-state index contributed by atoms with van der Waals surface area (Å²) in [5.41, 5.74) is 5.67. The number of carbonyl (C=O) groups excluding carboxylic acids is 1. The number of hydrogen-bond acceptors (Lipinski definition) is 5. The second-order valence-corrected chi connectivity index (χ2v) is 9.20. The first kappa shape index (κ1) is 23.0. The molecule has 35 heavy (non-hydrogen) atoms. The Labute approximate surface area is 203 Å². The number of amides is 1. The van der Waals surface area contributed by atoms with Crippen molar-refractivity contribution in [2.24, 2.45) is 0 Å². The summed E-state index contributed by atoms with van der Waals surface area (Å²) in [6.45, 7) is 3.78. The number of H-pyrrole nitrogens is 1. The average Bonchev–Trinajstić information content (AvgIpc) is 3.23. The molecule has 5 rings (SSSR count). The fraction of sp³-hybridized carbons (Fsp3) is 0.357. The molecular weight excluding hydrogens is 444 g/mol. The molecule has 0 saturated heterocycles. The van der Waals surface area contributed by atoms with Crippen LogP contribution in [0.2, 0.25) is 0 Å². The van der Waals surface area contributed by atoms with E-state index in [9.17, 15) is 9.59 Å². The van der Waals surface area contributed by atoms with Crippen molar-refractivity contribution >= 4 is 27.8 Å². The van der Waals surface area contributed by atoms with Gasteiger partial charge in [-0.2, -0.15) is 0 Å². The molecule has 1 aliphatic rings. The quantitative estimate of drug-likeness (QED) is 0.382. The van der Waals surface area contributed by atoms with Crippen molar-refractivity contribution in [3.8, 4) is 11.5 Å². The highest BCUT2D eigenvalue weighted by Gasteiger charge is 2.26. The van der Waals surface area contributed by atoms with E-state index < -0.39 is 5.63 Å². The standard InChI is InChI=1S/C28H30N2O5/c1-15-18-9-12-24(34-4)16(2)27(18)35-28(32)19(15)10-13-25(31)29-23-7-5-6-20-21-14-17(33-3)8-11-22(21)30-26(20)23/h8-9,11-12,14,23,30H,5-7,10,13H2,1-4H3,(H,29,31). The summed E-state index contributed by atoms with van der Waals surface area (Å²) in [5.74, 6) is 1.42. The average molecular weight is 475 g/mol. The molecule has 1 amide bonds. The van der Waals surface area contributed by atoms with E-state index in [4.69, 9.17) is 13.9 Å². The van der Waals surface area contributed by atoms with Crippen molar-refractivity contribution in [2.75, 3.05) is 14.2 Å². The lowest BCUT2D eigenvalue weighted by Gasteiger charge is -2.24. The third-order valence-electron chi connectivity index (χ3n) is 7.23. The minimum atomic E-state index is -0.399. The molecular formula is C28H30N2O5. The van der Waals surface area contributed by atoms with Crippen LogP contribution in [0.5, 0.6) is 11.5 Å². The Morgan fingerprint density at radius 2 is 1.94 bits per heavy atom. The van der Waals surface area contributed by atoms with Crippen LogP contribution in [-0.4, -0.2) is 25.1 Å². The number of aromatic amines is 1. The van der Waals surface area contributed by atoms with Crippen LogP contribution in [-0.2, 0) is 17.6 Å². The van der Waals surface area contributed by atoms with Crippen LogP contribution in [0.25, 0.3) is 21.9 Å². The Balaban J connectivity index is 1.35. The smallest absolute Gasteiger partial charge is 0.339 e. The van der Waals surface area contributed by atoms with Gasteiger partial charge in [0.15, 0.2) is 0 Å². The first-order chi connectivity index (χ1) is 16.9. The van der Waals surface area contributed by atoms with Crippen LogP contribution in [0.4, 0.5) is 0 Å². The largest absolute Gasteiger partial charge is 0.497 e. The highest BCUT2D eigenvalue weighted by Crippen LogP contribution is 2.36. The van der Waals surface area contributed by atoms with E-state index >= 15 is 0 Å². The van der Waals surface area contributed by atoms with Gasteiger partial charge < -0.3 is 24.2 Å². The van der Waals surface area contributed by atoms with Gasteiger partial charge in [0.1, 0.15) is 17.1 Å². The van der Waals surface area contributed by atoms with Gasteiger partial charge in [-0.1, -0.05) is 0 Å². The minimum absolute atomic E-state index is 0.0751. The fourth-order valence-electron chi connectivity index (χ4n) is 5.30. The van der Waals surface area contributed by atoms with E-state index in [0.29, 0.717) is 23.3 Å². The first-order valence-corrected chi connectivity index (χ1v) is 12.0. The normalized spacial score (nSPS) is 15.3. The number of benzene rings is 2. The van der Waals surface area contributed by atoms with Crippen LogP contribution < -0.4 is 20.4 Å². The minimum Gasteiger partial charge on any atom is -0.497 e. The van der Waals surface area contributed by atoms with Gasteiger partial charge in [-0.15, -0.1) is 0 Å². The molecule has 2 N–H and O–H groups in total. The number of ether oxygens (including phenoxy) is 2. The van der Waals surface area contributed by atoms with Gasteiger partial charge in [-0.3, -0.25) is 4.79 Å². The Morgan fingerprint density at radius 3 is 2.71 bits per heavy atom. The molecule has 1 unspecified atom stereocenters. The van der Waals surface area contributed by atoms with Crippen LogP contribution in [0.15, 0.2) is 39.5 Å². The van der Waals surface area contributed by atoms with Gasteiger partial charge in [-0.25, -0.2) is 4.79 Å². The van der Waals surface area contributed by atoms with Crippen LogP contribution in [0.1, 0.15) is 53.3 Å². The van der Waals surface area contributed by atoms with Crippen LogP contribution in [0.3, 0.4) is 0 Å². The predicted molar refractivity (Wildman–Crippen MR) is 136 cm³/mol. The molecule has 0 aliphatic heterocycles. The number of nitrogens with one attached hydrogen (secondary N) is 2. The van der Waals surface area contributed by atoms with Gasteiger partial charge in [0.05, 0.1) is 20.3 Å². The number of methoxy groups -OCH3 is 2. The number of rotatable bonds is 6. The van der Waals surface area contributed by atoms with Crippen LogP contribution in [0, 0.1) is 13.8 Å². The van der Waals surface area contributed by atoms with Gasteiger partial charge >= 0.3 is 5.63 Å². The summed E-state index contributed by atoms with van der Waals surface area (Å²) in [7, 11) is 3.26. The molecule has 4 aromatic rings. The molecule has 182 valence electrons. The van der Waals surface area contributed by atoms with Crippen molar-refractivity contribution in [1.29, 1.82) is 0 Å². The molecule has 7 nitrogen and oxygen atoms in total. The van der Waals surface area contributed by atoms with Gasteiger partial charge in [0, 0.05) is 39.5 Å². The number of aryl methyl sites for hydroxylation is 3. The van der Waals surface area contributed by atoms with E-state index in [0.717, 1.165) is 58.1 Å². The number of carbonyl (C=O) groups is 1. The molecule has 0 saturated carbocycles. The van der Waals surface area contributed by atoms with E-state index in [1.54, 1.807) is 14.2 Å². The summed E-state index contributed by atoms with van der Waals surface area (Å²) in [4.78, 5) is 29.2. The van der Waals surface area contributed by atoms with E-state index in [2.05, 4.69) is 10.3 Å². The summed E-state index contributed by atoms with van der Waals surface area (Å²) in [6.07, 6.45) is 3.38. The Bertz CT molecular complexity index is 1500. The third kappa shape index (κ3) is 4.05. The second kappa shape index (κ2) is 9.13. The van der Waals surface area contributed by atoms with Crippen molar-refractivity contribution < 1.29 is 18.7 Å². The topological polar surface area (TPSA) is 93.6 Å². The lowest BCUT2D eigenvalue weighted by Crippen LogP contribution is -2.31. The molecule has 0 spiro atoms. The molecule has 1 aliphatic carbocycles. The third-order valence-corrected chi connectivity index (χ3v) is 7.23. The van der Waals surface area contributed by atoms with Crippen molar-refractivity contribution in [1.82, 2.24) is 10.3 Å². The molecule has 2 heterocycles. The summed E-state index contributed by atoms with van der Waals surface area (Å²) in [6, 6.07) is 9.70. The zero-order valence-corrected chi connectivity index (χ0v) is 20.5. The van der Waals surface area contributed by atoms with E-state index in [-0.39, 0.29) is 18.4 Å². The summed E-state index contributed by atoms with van der Waals surface area (Å²) in [5, 5.41) is 5.20. The molecule has 7 heteroatoms. The zero-order chi connectivity index (χ0) is 24.7. The first-order valence-electron chi connectivity index (χ1n) is 12.0. The second-order valence-electron chi connectivity index (χ2n) is 9.20. The van der Waals surface area contributed by atoms with Crippen molar-refractivity contribution in [3.63, 3.8) is 0 Å². The van der Waals surface area contributed by atoms with Crippen molar-refractivity contribution in [3.05, 3.63) is 68.7 Å². The lowest BCUT2D eigenvalue weighted by atomic mass is 9.91. The van der Waals surface area contributed by atoms with Crippen LogP contribution >= 0.6 is 0 Å². The van der Waals surface area contributed by atoms with E-state index in [1.807, 2.05) is 44.2 Å². The lowest BCUT2D eigenvalue weighted by molar-refractivity contribution is -0.121. The Kier molecular flexibility index (Phi) is 6.01. The Hall–Kier alpha value is -3.74.